The van der Waals surface area contributed by atoms with Crippen LogP contribution in [0.25, 0.3) is 0 Å². The SMILES string of the molecule is COc1cc(N)c(C(=O)OCc2sccc2Br)cc1OC. The predicted octanol–water partition coefficient (Wildman–Crippen LogP) is 3.47. The predicted molar refractivity (Wildman–Crippen MR) is 85.1 cm³/mol. The summed E-state index contributed by atoms with van der Waals surface area (Å²) < 4.78 is 16.5. The van der Waals surface area contributed by atoms with Gasteiger partial charge in [-0.25, -0.2) is 4.79 Å². The molecular weight excluding hydrogens is 358 g/mol. The molecule has 1 heterocycles. The van der Waals surface area contributed by atoms with Gasteiger partial charge in [-0.05, 0) is 27.4 Å². The van der Waals surface area contributed by atoms with Gasteiger partial charge < -0.3 is 19.9 Å². The third-order valence-corrected chi connectivity index (χ3v) is 4.70. The van der Waals surface area contributed by atoms with E-state index in [9.17, 15) is 4.79 Å². The molecule has 0 aliphatic heterocycles. The monoisotopic (exact) mass is 371 g/mol. The molecule has 112 valence electrons. The molecular formula is C14H14BrNO4S. The number of anilines is 1. The normalized spacial score (nSPS) is 10.2. The highest BCUT2D eigenvalue weighted by Gasteiger charge is 2.17. The maximum absolute atomic E-state index is 12.1. The second-order valence-electron chi connectivity index (χ2n) is 4.06. The lowest BCUT2D eigenvalue weighted by molar-refractivity contribution is 0.0477. The Kier molecular flexibility index (Phi) is 5.08. The van der Waals surface area contributed by atoms with Crippen LogP contribution in [0.2, 0.25) is 0 Å². The summed E-state index contributed by atoms with van der Waals surface area (Å²) in [4.78, 5) is 13.1. The minimum Gasteiger partial charge on any atom is -0.493 e. The molecule has 0 spiro atoms. The third-order valence-electron chi connectivity index (χ3n) is 2.80. The van der Waals surface area contributed by atoms with Crippen LogP contribution in [-0.2, 0) is 11.3 Å². The second kappa shape index (κ2) is 6.82. The first-order valence-electron chi connectivity index (χ1n) is 5.97. The Balaban J connectivity index is 2.17. The molecule has 1 aromatic heterocycles. The van der Waals surface area contributed by atoms with Crippen LogP contribution in [0, 0.1) is 0 Å². The summed E-state index contributed by atoms with van der Waals surface area (Å²) in [6.07, 6.45) is 0. The zero-order valence-electron chi connectivity index (χ0n) is 11.5. The zero-order chi connectivity index (χ0) is 15.4. The first kappa shape index (κ1) is 15.7. The minimum absolute atomic E-state index is 0.185. The number of halogens is 1. The molecule has 0 radical (unpaired) electrons. The van der Waals surface area contributed by atoms with Crippen LogP contribution >= 0.6 is 27.3 Å². The van der Waals surface area contributed by atoms with Gasteiger partial charge in [0.25, 0.3) is 0 Å². The molecule has 0 saturated carbocycles. The fraction of sp³-hybridized carbons (Fsp3) is 0.214. The summed E-state index contributed by atoms with van der Waals surface area (Å²) in [5.74, 6) is 0.386. The lowest BCUT2D eigenvalue weighted by atomic mass is 10.1. The summed E-state index contributed by atoms with van der Waals surface area (Å²) in [5, 5.41) is 1.91. The number of methoxy groups -OCH3 is 2. The molecule has 2 aromatic rings. The van der Waals surface area contributed by atoms with Crippen LogP contribution in [0.15, 0.2) is 28.1 Å². The average molecular weight is 372 g/mol. The Labute approximate surface area is 134 Å². The molecule has 0 fully saturated rings. The number of ether oxygens (including phenoxy) is 3. The van der Waals surface area contributed by atoms with Crippen molar-refractivity contribution in [2.24, 2.45) is 0 Å². The summed E-state index contributed by atoms with van der Waals surface area (Å²) in [7, 11) is 3.00. The van der Waals surface area contributed by atoms with Gasteiger partial charge in [-0.2, -0.15) is 0 Å². The second-order valence-corrected chi connectivity index (χ2v) is 5.92. The number of hydrogen-bond donors (Lipinski definition) is 1. The van der Waals surface area contributed by atoms with E-state index in [4.69, 9.17) is 19.9 Å². The smallest absolute Gasteiger partial charge is 0.340 e. The average Bonchev–Trinajstić information content (AvgIpc) is 2.89. The van der Waals surface area contributed by atoms with Gasteiger partial charge in [0.05, 0.1) is 30.3 Å². The molecule has 5 nitrogen and oxygen atoms in total. The quantitative estimate of drug-likeness (QED) is 0.643. The maximum Gasteiger partial charge on any atom is 0.340 e. The van der Waals surface area contributed by atoms with Crippen molar-refractivity contribution in [3.05, 3.63) is 38.5 Å². The van der Waals surface area contributed by atoms with Crippen LogP contribution < -0.4 is 15.2 Å². The van der Waals surface area contributed by atoms with E-state index in [1.807, 2.05) is 11.4 Å². The minimum atomic E-state index is -0.506. The van der Waals surface area contributed by atoms with E-state index in [0.29, 0.717) is 11.5 Å². The van der Waals surface area contributed by atoms with E-state index in [-0.39, 0.29) is 17.9 Å². The van der Waals surface area contributed by atoms with Gasteiger partial charge in [-0.15, -0.1) is 11.3 Å². The Morgan fingerprint density at radius 2 is 1.95 bits per heavy atom. The molecule has 0 aliphatic rings. The molecule has 0 bridgehead atoms. The standard InChI is InChI=1S/C14H14BrNO4S/c1-18-11-5-8(10(16)6-12(11)19-2)14(17)20-7-13-9(15)3-4-21-13/h3-6H,7,16H2,1-2H3. The number of carbonyl (C=O) groups excluding carboxylic acids is 1. The van der Waals surface area contributed by atoms with Crippen molar-refractivity contribution >= 4 is 38.9 Å². The third kappa shape index (κ3) is 3.48. The Morgan fingerprint density at radius 3 is 2.52 bits per heavy atom. The van der Waals surface area contributed by atoms with Crippen molar-refractivity contribution in [3.8, 4) is 11.5 Å². The van der Waals surface area contributed by atoms with E-state index in [1.165, 1.54) is 37.7 Å². The van der Waals surface area contributed by atoms with Gasteiger partial charge in [0.2, 0.25) is 0 Å². The molecule has 0 amide bonds. The zero-order valence-corrected chi connectivity index (χ0v) is 13.9. The fourth-order valence-corrected chi connectivity index (χ4v) is 3.09. The topological polar surface area (TPSA) is 70.8 Å². The number of rotatable bonds is 5. The lowest BCUT2D eigenvalue weighted by Gasteiger charge is -2.12. The molecule has 2 rings (SSSR count). The summed E-state index contributed by atoms with van der Waals surface area (Å²) in [5.41, 5.74) is 6.39. The van der Waals surface area contributed by atoms with Gasteiger partial charge in [0.15, 0.2) is 11.5 Å². The van der Waals surface area contributed by atoms with Crippen molar-refractivity contribution in [2.75, 3.05) is 20.0 Å². The molecule has 1 aromatic carbocycles. The number of hydrogen-bond acceptors (Lipinski definition) is 6. The molecule has 0 unspecified atom stereocenters. The van der Waals surface area contributed by atoms with Crippen molar-refractivity contribution in [1.82, 2.24) is 0 Å². The highest BCUT2D eigenvalue weighted by molar-refractivity contribution is 9.10. The Morgan fingerprint density at radius 1 is 1.29 bits per heavy atom. The van der Waals surface area contributed by atoms with E-state index < -0.39 is 5.97 Å². The van der Waals surface area contributed by atoms with E-state index in [0.717, 1.165) is 9.35 Å². The van der Waals surface area contributed by atoms with E-state index >= 15 is 0 Å². The van der Waals surface area contributed by atoms with Crippen LogP contribution in [0.3, 0.4) is 0 Å². The number of esters is 1. The maximum atomic E-state index is 12.1. The largest absolute Gasteiger partial charge is 0.493 e. The first-order chi connectivity index (χ1) is 10.1. The molecule has 21 heavy (non-hydrogen) atoms. The first-order valence-corrected chi connectivity index (χ1v) is 7.64. The van der Waals surface area contributed by atoms with Crippen LogP contribution in [0.5, 0.6) is 11.5 Å². The van der Waals surface area contributed by atoms with E-state index in [1.54, 1.807) is 0 Å². The Hall–Kier alpha value is -1.73. The number of nitrogen functional groups attached to an aromatic ring is 1. The van der Waals surface area contributed by atoms with Gasteiger partial charge in [-0.3, -0.25) is 0 Å². The number of carbonyl (C=O) groups is 1. The van der Waals surface area contributed by atoms with Gasteiger partial charge in [0, 0.05) is 16.6 Å². The van der Waals surface area contributed by atoms with Crippen molar-refractivity contribution in [3.63, 3.8) is 0 Å². The molecule has 0 aliphatic carbocycles. The molecule has 0 atom stereocenters. The van der Waals surface area contributed by atoms with Gasteiger partial charge in [0.1, 0.15) is 6.61 Å². The highest BCUT2D eigenvalue weighted by Crippen LogP contribution is 2.32. The van der Waals surface area contributed by atoms with Crippen LogP contribution in [0.4, 0.5) is 5.69 Å². The van der Waals surface area contributed by atoms with Crippen molar-refractivity contribution in [2.45, 2.75) is 6.61 Å². The number of thiophene rings is 1. The summed E-state index contributed by atoms with van der Waals surface area (Å²) >= 11 is 4.89. The highest BCUT2D eigenvalue weighted by atomic mass is 79.9. The number of benzene rings is 1. The van der Waals surface area contributed by atoms with Gasteiger partial charge in [-0.1, -0.05) is 0 Å². The van der Waals surface area contributed by atoms with Crippen molar-refractivity contribution in [1.29, 1.82) is 0 Å². The lowest BCUT2D eigenvalue weighted by Crippen LogP contribution is -2.09. The molecule has 7 heteroatoms. The summed E-state index contributed by atoms with van der Waals surface area (Å²) in [6.45, 7) is 0.185. The van der Waals surface area contributed by atoms with Crippen molar-refractivity contribution < 1.29 is 19.0 Å². The Bertz CT molecular complexity index is 656. The fourth-order valence-electron chi connectivity index (χ4n) is 1.71. The number of nitrogens with two attached hydrogens (primary N) is 1. The summed E-state index contributed by atoms with van der Waals surface area (Å²) in [6, 6.07) is 4.95. The van der Waals surface area contributed by atoms with Gasteiger partial charge >= 0.3 is 5.97 Å². The molecule has 2 N–H and O–H groups in total. The van der Waals surface area contributed by atoms with Crippen LogP contribution in [0.1, 0.15) is 15.2 Å². The van der Waals surface area contributed by atoms with E-state index in [2.05, 4.69) is 15.9 Å². The molecule has 0 saturated heterocycles. The van der Waals surface area contributed by atoms with Crippen LogP contribution in [-0.4, -0.2) is 20.2 Å².